The molecule has 1 aromatic rings. The van der Waals surface area contributed by atoms with Crippen LogP contribution in [-0.4, -0.2) is 30.6 Å². The third-order valence-corrected chi connectivity index (χ3v) is 3.83. The summed E-state index contributed by atoms with van der Waals surface area (Å²) in [7, 11) is 0. The van der Waals surface area contributed by atoms with Gasteiger partial charge in [-0.1, -0.05) is 19.8 Å². The fourth-order valence-corrected chi connectivity index (χ4v) is 2.70. The number of hydrogen-bond donors (Lipinski definition) is 0. The number of likely N-dealkylation sites (tertiary alicyclic amines) is 1. The lowest BCUT2D eigenvalue weighted by Gasteiger charge is -2.32. The number of piperidine rings is 1. The predicted octanol–water partition coefficient (Wildman–Crippen LogP) is 3.59. The topological polar surface area (TPSA) is 36.3 Å². The zero-order chi connectivity index (χ0) is 14.2. The first kappa shape index (κ1) is 14.9. The minimum absolute atomic E-state index is 0.290. The summed E-state index contributed by atoms with van der Waals surface area (Å²) >= 11 is 0. The number of nitriles is 1. The van der Waals surface area contributed by atoms with Gasteiger partial charge in [0.25, 0.3) is 0 Å². The van der Waals surface area contributed by atoms with Crippen molar-refractivity contribution >= 4 is 0 Å². The van der Waals surface area contributed by atoms with Crippen LogP contribution in [0.4, 0.5) is 0 Å². The molecule has 0 radical (unpaired) electrons. The molecule has 1 aromatic carbocycles. The van der Waals surface area contributed by atoms with E-state index >= 15 is 0 Å². The lowest BCUT2D eigenvalue weighted by Crippen LogP contribution is -2.41. The molecule has 0 N–H and O–H groups in total. The van der Waals surface area contributed by atoms with Crippen LogP contribution in [-0.2, 0) is 0 Å². The van der Waals surface area contributed by atoms with Crippen LogP contribution in [0.15, 0.2) is 24.3 Å². The monoisotopic (exact) mass is 272 g/mol. The molecule has 0 saturated carbocycles. The van der Waals surface area contributed by atoms with E-state index in [1.807, 2.05) is 24.3 Å². The van der Waals surface area contributed by atoms with E-state index in [1.54, 1.807) is 0 Å². The molecule has 1 atom stereocenters. The van der Waals surface area contributed by atoms with Crippen molar-refractivity contribution in [1.82, 2.24) is 4.90 Å². The van der Waals surface area contributed by atoms with E-state index in [-0.39, 0.29) is 0 Å². The third-order valence-electron chi connectivity index (χ3n) is 3.83. The Labute approximate surface area is 122 Å². The van der Waals surface area contributed by atoms with Gasteiger partial charge in [0.1, 0.15) is 11.9 Å². The van der Waals surface area contributed by atoms with Crippen LogP contribution in [0.25, 0.3) is 0 Å². The van der Waals surface area contributed by atoms with E-state index in [0.717, 1.165) is 18.7 Å². The Hall–Kier alpha value is -1.53. The molecular weight excluding hydrogens is 248 g/mol. The number of unbranched alkanes of at least 4 members (excludes halogenated alkanes) is 2. The average Bonchev–Trinajstić information content (AvgIpc) is 2.49. The molecule has 0 amide bonds. The van der Waals surface area contributed by atoms with Gasteiger partial charge < -0.3 is 4.74 Å². The Morgan fingerprint density at radius 3 is 2.80 bits per heavy atom. The largest absolute Gasteiger partial charge is 0.489 e. The second-order valence-electron chi connectivity index (χ2n) is 5.53. The summed E-state index contributed by atoms with van der Waals surface area (Å²) in [5.41, 5.74) is 0.683. The van der Waals surface area contributed by atoms with Crippen LogP contribution >= 0.6 is 0 Å². The van der Waals surface area contributed by atoms with Gasteiger partial charge in [-0.2, -0.15) is 5.26 Å². The van der Waals surface area contributed by atoms with Crippen LogP contribution in [0.5, 0.6) is 5.75 Å². The molecule has 1 heterocycles. The van der Waals surface area contributed by atoms with Crippen molar-refractivity contribution < 1.29 is 4.74 Å². The van der Waals surface area contributed by atoms with Crippen LogP contribution in [0.2, 0.25) is 0 Å². The van der Waals surface area contributed by atoms with E-state index in [4.69, 9.17) is 10.00 Å². The molecule has 0 aromatic heterocycles. The van der Waals surface area contributed by atoms with E-state index in [0.29, 0.717) is 11.7 Å². The van der Waals surface area contributed by atoms with Gasteiger partial charge in [-0.15, -0.1) is 0 Å². The second-order valence-corrected chi connectivity index (χ2v) is 5.53. The van der Waals surface area contributed by atoms with Gasteiger partial charge >= 0.3 is 0 Å². The zero-order valence-corrected chi connectivity index (χ0v) is 12.3. The van der Waals surface area contributed by atoms with E-state index in [1.165, 1.54) is 38.8 Å². The lowest BCUT2D eigenvalue weighted by atomic mass is 10.1. The molecule has 108 valence electrons. The van der Waals surface area contributed by atoms with E-state index in [9.17, 15) is 0 Å². The summed E-state index contributed by atoms with van der Waals surface area (Å²) in [5, 5.41) is 8.79. The maximum Gasteiger partial charge on any atom is 0.119 e. The third kappa shape index (κ3) is 4.54. The summed E-state index contributed by atoms with van der Waals surface area (Å²) in [6.45, 7) is 5.68. The van der Waals surface area contributed by atoms with Gasteiger partial charge in [0, 0.05) is 6.54 Å². The Morgan fingerprint density at radius 1 is 1.30 bits per heavy atom. The van der Waals surface area contributed by atoms with Crippen LogP contribution in [0.3, 0.4) is 0 Å². The first-order valence-electron chi connectivity index (χ1n) is 7.71. The molecule has 3 nitrogen and oxygen atoms in total. The second kappa shape index (κ2) is 7.91. The van der Waals surface area contributed by atoms with Gasteiger partial charge in [-0.25, -0.2) is 0 Å². The summed E-state index contributed by atoms with van der Waals surface area (Å²) < 4.78 is 6.04. The highest BCUT2D eigenvalue weighted by Gasteiger charge is 2.20. The minimum Gasteiger partial charge on any atom is -0.489 e. The lowest BCUT2D eigenvalue weighted by molar-refractivity contribution is 0.0875. The number of hydrogen-bond acceptors (Lipinski definition) is 3. The van der Waals surface area contributed by atoms with Crippen molar-refractivity contribution in [2.24, 2.45) is 0 Å². The number of nitrogens with zero attached hydrogens (tertiary/aromatic N) is 2. The maximum atomic E-state index is 8.79. The van der Waals surface area contributed by atoms with Crippen molar-refractivity contribution in [2.45, 2.75) is 45.1 Å². The molecule has 20 heavy (non-hydrogen) atoms. The highest BCUT2D eigenvalue weighted by Crippen LogP contribution is 2.19. The fraction of sp³-hybridized carbons (Fsp3) is 0.588. The molecule has 2 rings (SSSR count). The van der Waals surface area contributed by atoms with Crippen molar-refractivity contribution in [2.75, 3.05) is 19.6 Å². The standard InChI is InChI=1S/C17H24N2O/c1-2-3-4-11-19-12-5-6-17(14-19)20-16-9-7-15(13-18)8-10-16/h7-10,17H,2-6,11-12,14H2,1H3. The van der Waals surface area contributed by atoms with Crippen LogP contribution in [0.1, 0.15) is 44.6 Å². The first-order chi connectivity index (χ1) is 9.81. The molecule has 3 heteroatoms. The summed E-state index contributed by atoms with van der Waals surface area (Å²) in [4.78, 5) is 2.52. The average molecular weight is 272 g/mol. The Bertz CT molecular complexity index is 435. The molecule has 1 saturated heterocycles. The molecule has 1 fully saturated rings. The highest BCUT2D eigenvalue weighted by molar-refractivity contribution is 5.34. The minimum atomic E-state index is 0.290. The normalized spacial score (nSPS) is 19.5. The fourth-order valence-electron chi connectivity index (χ4n) is 2.70. The molecular formula is C17H24N2O. The Morgan fingerprint density at radius 2 is 2.10 bits per heavy atom. The van der Waals surface area contributed by atoms with E-state index < -0.39 is 0 Å². The van der Waals surface area contributed by atoms with E-state index in [2.05, 4.69) is 17.9 Å². The summed E-state index contributed by atoms with van der Waals surface area (Å²) in [6, 6.07) is 9.56. The van der Waals surface area contributed by atoms with Crippen molar-refractivity contribution in [3.8, 4) is 11.8 Å². The zero-order valence-electron chi connectivity index (χ0n) is 12.3. The summed E-state index contributed by atoms with van der Waals surface area (Å²) in [6.07, 6.45) is 6.52. The van der Waals surface area contributed by atoms with Gasteiger partial charge in [0.05, 0.1) is 11.6 Å². The van der Waals surface area contributed by atoms with Gasteiger partial charge in [-0.3, -0.25) is 4.90 Å². The molecule has 0 aliphatic carbocycles. The molecule has 0 spiro atoms. The van der Waals surface area contributed by atoms with Gasteiger partial charge in [0.15, 0.2) is 0 Å². The quantitative estimate of drug-likeness (QED) is 0.742. The van der Waals surface area contributed by atoms with Crippen LogP contribution in [0, 0.1) is 11.3 Å². The number of benzene rings is 1. The summed E-state index contributed by atoms with van der Waals surface area (Å²) in [5.74, 6) is 0.879. The van der Waals surface area contributed by atoms with Crippen LogP contribution < -0.4 is 4.74 Å². The van der Waals surface area contributed by atoms with Gasteiger partial charge in [0.2, 0.25) is 0 Å². The number of rotatable bonds is 6. The Balaban J connectivity index is 1.81. The smallest absolute Gasteiger partial charge is 0.119 e. The SMILES string of the molecule is CCCCCN1CCCC(Oc2ccc(C#N)cc2)C1. The predicted molar refractivity (Wildman–Crippen MR) is 80.8 cm³/mol. The highest BCUT2D eigenvalue weighted by atomic mass is 16.5. The molecule has 1 aliphatic heterocycles. The maximum absolute atomic E-state index is 8.79. The first-order valence-corrected chi connectivity index (χ1v) is 7.71. The van der Waals surface area contributed by atoms with Gasteiger partial charge in [-0.05, 0) is 56.6 Å². The van der Waals surface area contributed by atoms with Crippen molar-refractivity contribution in [3.05, 3.63) is 29.8 Å². The molecule has 1 aliphatic rings. The molecule has 0 bridgehead atoms. The van der Waals surface area contributed by atoms with Crippen molar-refractivity contribution in [1.29, 1.82) is 5.26 Å². The van der Waals surface area contributed by atoms with Crippen molar-refractivity contribution in [3.63, 3.8) is 0 Å². The molecule has 1 unspecified atom stereocenters. The Kier molecular flexibility index (Phi) is 5.88. The number of ether oxygens (including phenoxy) is 1.